The third kappa shape index (κ3) is 3.75. The van der Waals surface area contributed by atoms with E-state index in [1.54, 1.807) is 12.1 Å². The number of aliphatic hydroxyl groups excluding tert-OH is 1. The van der Waals surface area contributed by atoms with E-state index in [9.17, 15) is 0 Å². The molecule has 0 amide bonds. The van der Waals surface area contributed by atoms with Crippen LogP contribution in [0.5, 0.6) is 11.5 Å². The van der Waals surface area contributed by atoms with Crippen LogP contribution in [-0.4, -0.2) is 17.8 Å². The van der Waals surface area contributed by atoms with E-state index in [0.717, 1.165) is 10.0 Å². The molecule has 1 atom stereocenters. The van der Waals surface area contributed by atoms with Gasteiger partial charge >= 0.3 is 0 Å². The van der Waals surface area contributed by atoms with E-state index in [-0.39, 0.29) is 12.7 Å². The fourth-order valence-corrected chi connectivity index (χ4v) is 1.91. The van der Waals surface area contributed by atoms with Gasteiger partial charge in [-0.05, 0) is 47.5 Å². The van der Waals surface area contributed by atoms with Crippen molar-refractivity contribution >= 4 is 15.9 Å². The van der Waals surface area contributed by atoms with Gasteiger partial charge in [0.2, 0.25) is 0 Å². The van der Waals surface area contributed by atoms with Crippen LogP contribution < -0.4 is 9.47 Å². The maximum atomic E-state index is 9.14. The number of hydrogen-bond acceptors (Lipinski definition) is 3. The fourth-order valence-electron chi connectivity index (χ4n) is 1.32. The molecule has 0 bridgehead atoms. The number of aliphatic hydroxyl groups is 1. The van der Waals surface area contributed by atoms with E-state index in [0.29, 0.717) is 18.1 Å². The first-order valence-corrected chi connectivity index (χ1v) is 6.27. The summed E-state index contributed by atoms with van der Waals surface area (Å²) in [7, 11) is 0. The number of ether oxygens (including phenoxy) is 2. The zero-order chi connectivity index (χ0) is 12.8. The number of benzene rings is 1. The second-order valence-corrected chi connectivity index (χ2v) is 4.41. The van der Waals surface area contributed by atoms with Crippen LogP contribution in [0.1, 0.15) is 19.4 Å². The largest absolute Gasteiger partial charge is 0.490 e. The standard InChI is InChI=1S/C13H17BrO3/c1-4-9(3)17-13-11(14)6-10(8-15)7-12(13)16-5-2/h4,6-7,9,15H,1,5,8H2,2-3H3. The van der Waals surface area contributed by atoms with Gasteiger partial charge in [0.15, 0.2) is 11.5 Å². The molecule has 94 valence electrons. The zero-order valence-corrected chi connectivity index (χ0v) is 11.7. The predicted octanol–water partition coefficient (Wildman–Crippen LogP) is 3.29. The number of halogens is 1. The van der Waals surface area contributed by atoms with Gasteiger partial charge in [0.05, 0.1) is 17.7 Å². The number of rotatable bonds is 6. The molecular weight excluding hydrogens is 284 g/mol. The Kier molecular flexibility index (Phi) is 5.51. The summed E-state index contributed by atoms with van der Waals surface area (Å²) in [5.41, 5.74) is 0.777. The summed E-state index contributed by atoms with van der Waals surface area (Å²) < 4.78 is 12.0. The summed E-state index contributed by atoms with van der Waals surface area (Å²) in [5, 5.41) is 9.14. The lowest BCUT2D eigenvalue weighted by molar-refractivity contribution is 0.241. The van der Waals surface area contributed by atoms with E-state index in [2.05, 4.69) is 22.5 Å². The maximum Gasteiger partial charge on any atom is 0.176 e. The van der Waals surface area contributed by atoms with Crippen LogP contribution in [0.25, 0.3) is 0 Å². The van der Waals surface area contributed by atoms with Gasteiger partial charge < -0.3 is 14.6 Å². The minimum atomic E-state index is -0.106. The highest BCUT2D eigenvalue weighted by molar-refractivity contribution is 9.10. The van der Waals surface area contributed by atoms with E-state index in [4.69, 9.17) is 14.6 Å². The van der Waals surface area contributed by atoms with Gasteiger partial charge in [0.1, 0.15) is 6.10 Å². The molecule has 0 radical (unpaired) electrons. The molecule has 0 aromatic heterocycles. The van der Waals surface area contributed by atoms with Gasteiger partial charge in [-0.25, -0.2) is 0 Å². The quantitative estimate of drug-likeness (QED) is 0.819. The van der Waals surface area contributed by atoms with Gasteiger partial charge in [-0.2, -0.15) is 0 Å². The lowest BCUT2D eigenvalue weighted by Gasteiger charge is -2.17. The Morgan fingerprint density at radius 1 is 1.53 bits per heavy atom. The molecule has 1 rings (SSSR count). The van der Waals surface area contributed by atoms with Crippen LogP contribution in [0.15, 0.2) is 29.3 Å². The highest BCUT2D eigenvalue weighted by atomic mass is 79.9. The van der Waals surface area contributed by atoms with Crippen LogP contribution in [0.4, 0.5) is 0 Å². The Bertz CT molecular complexity index is 390. The summed E-state index contributed by atoms with van der Waals surface area (Å²) in [4.78, 5) is 0. The second-order valence-electron chi connectivity index (χ2n) is 3.55. The molecular formula is C13H17BrO3. The van der Waals surface area contributed by atoms with Gasteiger partial charge in [0.25, 0.3) is 0 Å². The summed E-state index contributed by atoms with van der Waals surface area (Å²) in [6.45, 7) is 7.99. The predicted molar refractivity (Wildman–Crippen MR) is 71.5 cm³/mol. The highest BCUT2D eigenvalue weighted by Crippen LogP contribution is 2.37. The highest BCUT2D eigenvalue weighted by Gasteiger charge is 2.13. The molecule has 0 aliphatic heterocycles. The van der Waals surface area contributed by atoms with Crippen molar-refractivity contribution in [1.82, 2.24) is 0 Å². The zero-order valence-electron chi connectivity index (χ0n) is 10.1. The molecule has 0 fully saturated rings. The average molecular weight is 301 g/mol. The van der Waals surface area contributed by atoms with Gasteiger partial charge in [-0.15, -0.1) is 0 Å². The van der Waals surface area contributed by atoms with Crippen LogP contribution in [-0.2, 0) is 6.61 Å². The van der Waals surface area contributed by atoms with E-state index in [1.165, 1.54) is 0 Å². The molecule has 1 unspecified atom stereocenters. The fraction of sp³-hybridized carbons (Fsp3) is 0.385. The lowest BCUT2D eigenvalue weighted by atomic mass is 10.2. The Balaban J connectivity index is 3.11. The SMILES string of the molecule is C=CC(C)Oc1c(Br)cc(CO)cc1OCC. The molecule has 3 nitrogen and oxygen atoms in total. The Hall–Kier alpha value is -1.00. The van der Waals surface area contributed by atoms with Crippen molar-refractivity contribution in [2.45, 2.75) is 26.6 Å². The third-order valence-corrected chi connectivity index (χ3v) is 2.78. The monoisotopic (exact) mass is 300 g/mol. The molecule has 4 heteroatoms. The van der Waals surface area contributed by atoms with Crippen molar-refractivity contribution in [3.63, 3.8) is 0 Å². The Morgan fingerprint density at radius 3 is 2.76 bits per heavy atom. The topological polar surface area (TPSA) is 38.7 Å². The first-order chi connectivity index (χ1) is 8.12. The summed E-state index contributed by atoms with van der Waals surface area (Å²) in [6.07, 6.45) is 1.60. The van der Waals surface area contributed by atoms with Crippen LogP contribution in [0, 0.1) is 0 Å². The maximum absolute atomic E-state index is 9.14. The van der Waals surface area contributed by atoms with Crippen LogP contribution in [0.3, 0.4) is 0 Å². The molecule has 0 heterocycles. The summed E-state index contributed by atoms with van der Waals surface area (Å²) >= 11 is 3.42. The molecule has 0 aliphatic rings. The molecule has 1 N–H and O–H groups in total. The van der Waals surface area contributed by atoms with Crippen LogP contribution in [0.2, 0.25) is 0 Å². The smallest absolute Gasteiger partial charge is 0.176 e. The summed E-state index contributed by atoms with van der Waals surface area (Å²) in [5.74, 6) is 1.26. The lowest BCUT2D eigenvalue weighted by Crippen LogP contribution is -2.09. The molecule has 1 aromatic carbocycles. The number of hydrogen-bond donors (Lipinski definition) is 1. The molecule has 0 aliphatic carbocycles. The minimum Gasteiger partial charge on any atom is -0.490 e. The van der Waals surface area contributed by atoms with Gasteiger partial charge in [0, 0.05) is 0 Å². The molecule has 0 saturated heterocycles. The molecule has 1 aromatic rings. The Morgan fingerprint density at radius 2 is 2.24 bits per heavy atom. The molecule has 17 heavy (non-hydrogen) atoms. The van der Waals surface area contributed by atoms with E-state index < -0.39 is 0 Å². The normalized spacial score (nSPS) is 12.0. The van der Waals surface area contributed by atoms with Crippen molar-refractivity contribution < 1.29 is 14.6 Å². The first-order valence-electron chi connectivity index (χ1n) is 5.47. The van der Waals surface area contributed by atoms with E-state index >= 15 is 0 Å². The van der Waals surface area contributed by atoms with Gasteiger partial charge in [-0.1, -0.05) is 12.7 Å². The minimum absolute atomic E-state index is 0.0318. The van der Waals surface area contributed by atoms with Crippen molar-refractivity contribution in [3.8, 4) is 11.5 Å². The van der Waals surface area contributed by atoms with E-state index in [1.807, 2.05) is 19.9 Å². The second kappa shape index (κ2) is 6.67. The van der Waals surface area contributed by atoms with Crippen molar-refractivity contribution in [2.24, 2.45) is 0 Å². The van der Waals surface area contributed by atoms with Crippen molar-refractivity contribution in [3.05, 3.63) is 34.8 Å². The Labute approximate surface area is 110 Å². The average Bonchev–Trinajstić information content (AvgIpc) is 2.33. The third-order valence-electron chi connectivity index (χ3n) is 2.19. The molecule has 0 saturated carbocycles. The van der Waals surface area contributed by atoms with Gasteiger partial charge in [-0.3, -0.25) is 0 Å². The summed E-state index contributed by atoms with van der Waals surface area (Å²) in [6, 6.07) is 3.59. The van der Waals surface area contributed by atoms with Crippen molar-refractivity contribution in [2.75, 3.05) is 6.61 Å². The molecule has 0 spiro atoms. The van der Waals surface area contributed by atoms with Crippen molar-refractivity contribution in [1.29, 1.82) is 0 Å². The first kappa shape index (κ1) is 14.1. The van der Waals surface area contributed by atoms with Crippen LogP contribution >= 0.6 is 15.9 Å².